The molecule has 0 atom stereocenters. The Balaban J connectivity index is 1.62. The van der Waals surface area contributed by atoms with E-state index in [1.54, 1.807) is 0 Å². The van der Waals surface area contributed by atoms with E-state index in [-0.39, 0.29) is 0 Å². The molecule has 1 N–H and O–H groups in total. The fourth-order valence-electron chi connectivity index (χ4n) is 2.39. The molecule has 1 aliphatic heterocycles. The number of fused-ring (bicyclic) bond motifs is 1. The molecule has 0 aromatic heterocycles. The van der Waals surface area contributed by atoms with Crippen LogP contribution in [0.5, 0.6) is 11.5 Å². The molecule has 0 saturated carbocycles. The first-order valence-electron chi connectivity index (χ1n) is 7.59. The summed E-state index contributed by atoms with van der Waals surface area (Å²) in [7, 11) is 1.97. The van der Waals surface area contributed by atoms with Crippen molar-refractivity contribution in [3.05, 3.63) is 53.6 Å². The van der Waals surface area contributed by atoms with E-state index in [4.69, 9.17) is 21.7 Å². The number of hydrogen-bond acceptors (Lipinski definition) is 3. The number of nitrogens with one attached hydrogen (secondary N) is 1. The van der Waals surface area contributed by atoms with Gasteiger partial charge in [0.25, 0.3) is 0 Å². The Morgan fingerprint density at radius 3 is 2.52 bits per heavy atom. The Bertz CT molecular complexity index is 701. The normalized spacial score (nSPS) is 12.6. The van der Waals surface area contributed by atoms with Gasteiger partial charge in [-0.05, 0) is 49.0 Å². The molecule has 0 radical (unpaired) electrons. The number of rotatable bonds is 3. The largest absolute Gasteiger partial charge is 0.486 e. The summed E-state index contributed by atoms with van der Waals surface area (Å²) in [5.41, 5.74) is 3.35. The van der Waals surface area contributed by atoms with E-state index in [9.17, 15) is 0 Å². The summed E-state index contributed by atoms with van der Waals surface area (Å²) >= 11 is 5.47. The van der Waals surface area contributed by atoms with Crippen LogP contribution in [-0.4, -0.2) is 30.3 Å². The molecule has 0 aliphatic carbocycles. The minimum atomic E-state index is 0.597. The zero-order valence-electron chi connectivity index (χ0n) is 13.3. The predicted octanol–water partition coefficient (Wildman–Crippen LogP) is 3.60. The molecule has 23 heavy (non-hydrogen) atoms. The number of benzene rings is 2. The van der Waals surface area contributed by atoms with Crippen molar-refractivity contribution >= 4 is 23.0 Å². The molecule has 0 saturated heterocycles. The lowest BCUT2D eigenvalue weighted by Crippen LogP contribution is -2.30. The van der Waals surface area contributed by atoms with Gasteiger partial charge in [0.2, 0.25) is 0 Å². The van der Waals surface area contributed by atoms with E-state index in [1.807, 2.05) is 42.3 Å². The third kappa shape index (κ3) is 3.93. The summed E-state index contributed by atoms with van der Waals surface area (Å²) in [6, 6.07) is 14.2. The third-order valence-electron chi connectivity index (χ3n) is 3.68. The minimum Gasteiger partial charge on any atom is -0.486 e. The van der Waals surface area contributed by atoms with Gasteiger partial charge >= 0.3 is 0 Å². The van der Waals surface area contributed by atoms with Crippen molar-refractivity contribution < 1.29 is 9.47 Å². The van der Waals surface area contributed by atoms with E-state index >= 15 is 0 Å². The fraction of sp³-hybridized carbons (Fsp3) is 0.278. The van der Waals surface area contributed by atoms with Crippen LogP contribution in [0, 0.1) is 6.92 Å². The Labute approximate surface area is 142 Å². The van der Waals surface area contributed by atoms with Gasteiger partial charge in [0.15, 0.2) is 16.6 Å². The van der Waals surface area contributed by atoms with Gasteiger partial charge < -0.3 is 19.7 Å². The molecule has 2 aromatic rings. The van der Waals surface area contributed by atoms with Gasteiger partial charge in [0, 0.05) is 19.3 Å². The highest BCUT2D eigenvalue weighted by atomic mass is 32.1. The summed E-state index contributed by atoms with van der Waals surface area (Å²) in [6.07, 6.45) is 0. The van der Waals surface area contributed by atoms with Crippen molar-refractivity contribution in [1.82, 2.24) is 4.90 Å². The summed E-state index contributed by atoms with van der Waals surface area (Å²) in [4.78, 5) is 2.00. The molecule has 0 fully saturated rings. The number of anilines is 1. The SMILES string of the molecule is Cc1ccc(NC(=S)N(C)Cc2ccc3c(c2)OCCO3)cc1. The highest BCUT2D eigenvalue weighted by Gasteiger charge is 2.13. The van der Waals surface area contributed by atoms with Crippen molar-refractivity contribution in [3.8, 4) is 11.5 Å². The Hall–Kier alpha value is -2.27. The van der Waals surface area contributed by atoms with Crippen molar-refractivity contribution in [2.75, 3.05) is 25.6 Å². The number of thiocarbonyl (C=S) groups is 1. The second-order valence-corrected chi connectivity index (χ2v) is 6.02. The van der Waals surface area contributed by atoms with Crippen molar-refractivity contribution in [2.24, 2.45) is 0 Å². The molecule has 0 spiro atoms. The molecule has 3 rings (SSSR count). The van der Waals surface area contributed by atoms with Crippen LogP contribution in [0.25, 0.3) is 0 Å². The van der Waals surface area contributed by atoms with Crippen LogP contribution in [0.1, 0.15) is 11.1 Å². The van der Waals surface area contributed by atoms with Crippen LogP contribution in [-0.2, 0) is 6.54 Å². The smallest absolute Gasteiger partial charge is 0.173 e. The number of hydrogen-bond donors (Lipinski definition) is 1. The first kappa shape index (κ1) is 15.6. The van der Waals surface area contributed by atoms with Crippen LogP contribution >= 0.6 is 12.2 Å². The second kappa shape index (κ2) is 6.87. The molecule has 2 aromatic carbocycles. The maximum Gasteiger partial charge on any atom is 0.173 e. The van der Waals surface area contributed by atoms with E-state index in [0.717, 1.165) is 22.7 Å². The lowest BCUT2D eigenvalue weighted by atomic mass is 10.2. The van der Waals surface area contributed by atoms with Gasteiger partial charge in [-0.2, -0.15) is 0 Å². The predicted molar refractivity (Wildman–Crippen MR) is 96.3 cm³/mol. The topological polar surface area (TPSA) is 33.7 Å². The maximum absolute atomic E-state index is 5.62. The zero-order valence-corrected chi connectivity index (χ0v) is 14.2. The van der Waals surface area contributed by atoms with Crippen molar-refractivity contribution in [3.63, 3.8) is 0 Å². The van der Waals surface area contributed by atoms with Crippen LogP contribution in [0.4, 0.5) is 5.69 Å². The molecule has 4 nitrogen and oxygen atoms in total. The van der Waals surface area contributed by atoms with E-state index in [0.29, 0.717) is 24.9 Å². The molecule has 120 valence electrons. The molecule has 0 amide bonds. The van der Waals surface area contributed by atoms with Gasteiger partial charge in [-0.1, -0.05) is 23.8 Å². The van der Waals surface area contributed by atoms with Crippen molar-refractivity contribution in [2.45, 2.75) is 13.5 Å². The average Bonchev–Trinajstić information content (AvgIpc) is 2.56. The second-order valence-electron chi connectivity index (χ2n) is 5.63. The molecule has 0 bridgehead atoms. The van der Waals surface area contributed by atoms with E-state index in [2.05, 4.69) is 24.4 Å². The van der Waals surface area contributed by atoms with E-state index in [1.165, 1.54) is 5.56 Å². The summed E-state index contributed by atoms with van der Waals surface area (Å²) in [5, 5.41) is 3.94. The lowest BCUT2D eigenvalue weighted by molar-refractivity contribution is 0.171. The van der Waals surface area contributed by atoms with Gasteiger partial charge in [-0.15, -0.1) is 0 Å². The van der Waals surface area contributed by atoms with Crippen LogP contribution in [0.15, 0.2) is 42.5 Å². The Kier molecular flexibility index (Phi) is 4.67. The number of ether oxygens (including phenoxy) is 2. The lowest BCUT2D eigenvalue weighted by Gasteiger charge is -2.23. The van der Waals surface area contributed by atoms with Crippen LogP contribution in [0.2, 0.25) is 0 Å². The van der Waals surface area contributed by atoms with Crippen LogP contribution in [0.3, 0.4) is 0 Å². The zero-order chi connectivity index (χ0) is 16.2. The minimum absolute atomic E-state index is 0.597. The summed E-state index contributed by atoms with van der Waals surface area (Å²) in [6.45, 7) is 3.97. The van der Waals surface area contributed by atoms with Crippen LogP contribution < -0.4 is 14.8 Å². The summed E-state index contributed by atoms with van der Waals surface area (Å²) < 4.78 is 11.2. The maximum atomic E-state index is 5.62. The summed E-state index contributed by atoms with van der Waals surface area (Å²) in [5.74, 6) is 1.61. The first-order valence-corrected chi connectivity index (χ1v) is 8.00. The quantitative estimate of drug-likeness (QED) is 0.871. The number of nitrogens with zero attached hydrogens (tertiary/aromatic N) is 1. The monoisotopic (exact) mass is 328 g/mol. The van der Waals surface area contributed by atoms with Gasteiger partial charge in [-0.25, -0.2) is 0 Å². The van der Waals surface area contributed by atoms with Gasteiger partial charge in [0.1, 0.15) is 13.2 Å². The van der Waals surface area contributed by atoms with E-state index < -0.39 is 0 Å². The van der Waals surface area contributed by atoms with Crippen molar-refractivity contribution in [1.29, 1.82) is 0 Å². The molecular weight excluding hydrogens is 308 g/mol. The molecule has 1 heterocycles. The third-order valence-corrected chi connectivity index (χ3v) is 4.09. The standard InChI is InChI=1S/C18H20N2O2S/c1-13-3-6-15(7-4-13)19-18(23)20(2)12-14-5-8-16-17(11-14)22-10-9-21-16/h3-8,11H,9-10,12H2,1-2H3,(H,19,23). The first-order chi connectivity index (χ1) is 11.1. The fourth-order valence-corrected chi connectivity index (χ4v) is 2.57. The Morgan fingerprint density at radius 1 is 1.09 bits per heavy atom. The number of aryl methyl sites for hydroxylation is 1. The average molecular weight is 328 g/mol. The molecular formula is C18H20N2O2S. The Morgan fingerprint density at radius 2 is 1.78 bits per heavy atom. The highest BCUT2D eigenvalue weighted by molar-refractivity contribution is 7.80. The van der Waals surface area contributed by atoms with Gasteiger partial charge in [0.05, 0.1) is 0 Å². The molecule has 1 aliphatic rings. The highest BCUT2D eigenvalue weighted by Crippen LogP contribution is 2.31. The molecule has 5 heteroatoms. The van der Waals surface area contributed by atoms with Gasteiger partial charge in [-0.3, -0.25) is 0 Å². The molecule has 0 unspecified atom stereocenters.